The van der Waals surface area contributed by atoms with Crippen LogP contribution >= 0.6 is 0 Å². The van der Waals surface area contributed by atoms with Crippen LogP contribution in [0.2, 0.25) is 0 Å². The van der Waals surface area contributed by atoms with Crippen molar-refractivity contribution in [1.29, 1.82) is 5.26 Å². The molecule has 0 atom stereocenters. The molecule has 152 valence electrons. The van der Waals surface area contributed by atoms with Crippen LogP contribution in [0.3, 0.4) is 0 Å². The standard InChI is InChI=1S/C20H19FN2O5S/c1-2-27-15-19(12-22)29(25,26)23(13-16-8-10-18(21)11-9-16)20(24)28-14-17-6-4-3-5-7-17/h3-11,15H,2,13-14H2,1H3/b19-15+. The molecule has 0 N–H and O–H groups in total. The van der Waals surface area contributed by atoms with Crippen molar-refractivity contribution in [3.05, 3.63) is 82.7 Å². The van der Waals surface area contributed by atoms with Crippen molar-refractivity contribution in [2.75, 3.05) is 6.61 Å². The number of rotatable bonds is 8. The van der Waals surface area contributed by atoms with Crippen LogP contribution in [0.15, 0.2) is 65.8 Å². The second-order valence-electron chi connectivity index (χ2n) is 5.73. The van der Waals surface area contributed by atoms with Gasteiger partial charge >= 0.3 is 6.09 Å². The first kappa shape index (κ1) is 21.9. The quantitative estimate of drug-likeness (QED) is 0.479. The normalized spacial score (nSPS) is 11.4. The fourth-order valence-corrected chi connectivity index (χ4v) is 3.33. The van der Waals surface area contributed by atoms with E-state index in [0.717, 1.165) is 18.4 Å². The van der Waals surface area contributed by atoms with Gasteiger partial charge in [0.1, 0.15) is 24.8 Å². The smallest absolute Gasteiger partial charge is 0.424 e. The van der Waals surface area contributed by atoms with E-state index in [1.807, 2.05) is 0 Å². The van der Waals surface area contributed by atoms with E-state index in [4.69, 9.17) is 9.47 Å². The minimum atomic E-state index is -4.56. The monoisotopic (exact) mass is 418 g/mol. The minimum absolute atomic E-state index is 0.136. The fourth-order valence-electron chi connectivity index (χ4n) is 2.22. The lowest BCUT2D eigenvalue weighted by Crippen LogP contribution is -2.37. The second kappa shape index (κ2) is 10.2. The summed E-state index contributed by atoms with van der Waals surface area (Å²) in [7, 11) is -4.56. The Morgan fingerprint density at radius 1 is 1.14 bits per heavy atom. The Morgan fingerprint density at radius 2 is 1.79 bits per heavy atom. The van der Waals surface area contributed by atoms with Gasteiger partial charge in [-0.1, -0.05) is 42.5 Å². The van der Waals surface area contributed by atoms with Crippen LogP contribution in [0.5, 0.6) is 0 Å². The molecule has 0 bridgehead atoms. The van der Waals surface area contributed by atoms with Gasteiger partial charge in [-0.05, 0) is 30.2 Å². The van der Waals surface area contributed by atoms with E-state index >= 15 is 0 Å². The third-order valence-electron chi connectivity index (χ3n) is 3.68. The molecule has 0 fully saturated rings. The predicted octanol–water partition coefficient (Wildman–Crippen LogP) is 3.70. The van der Waals surface area contributed by atoms with Crippen molar-refractivity contribution < 1.29 is 27.1 Å². The molecule has 7 nitrogen and oxygen atoms in total. The number of nitrogens with zero attached hydrogens (tertiary/aromatic N) is 2. The molecule has 0 saturated heterocycles. The molecule has 2 rings (SSSR count). The zero-order valence-corrected chi connectivity index (χ0v) is 16.4. The maximum Gasteiger partial charge on any atom is 0.424 e. The number of hydrogen-bond acceptors (Lipinski definition) is 6. The van der Waals surface area contributed by atoms with Gasteiger partial charge in [-0.2, -0.15) is 18.0 Å². The zero-order valence-electron chi connectivity index (χ0n) is 15.6. The number of amides is 1. The van der Waals surface area contributed by atoms with Crippen LogP contribution in [0.1, 0.15) is 18.1 Å². The van der Waals surface area contributed by atoms with Crippen molar-refractivity contribution in [1.82, 2.24) is 4.31 Å². The molecular weight excluding hydrogens is 399 g/mol. The maximum atomic E-state index is 13.2. The number of hydrogen-bond donors (Lipinski definition) is 0. The summed E-state index contributed by atoms with van der Waals surface area (Å²) in [6, 6.07) is 15.2. The van der Waals surface area contributed by atoms with Crippen molar-refractivity contribution in [2.24, 2.45) is 0 Å². The molecule has 0 aliphatic rings. The van der Waals surface area contributed by atoms with E-state index in [1.165, 1.54) is 18.2 Å². The predicted molar refractivity (Wildman–Crippen MR) is 103 cm³/mol. The maximum absolute atomic E-state index is 13.2. The highest BCUT2D eigenvalue weighted by molar-refractivity contribution is 7.93. The van der Waals surface area contributed by atoms with Gasteiger partial charge in [0, 0.05) is 0 Å². The fraction of sp³-hybridized carbons (Fsp3) is 0.200. The van der Waals surface area contributed by atoms with Gasteiger partial charge in [0.2, 0.25) is 0 Å². The zero-order chi connectivity index (χ0) is 21.3. The third kappa shape index (κ3) is 6.05. The molecule has 2 aromatic rings. The number of carbonyl (C=O) groups excluding carboxylic acids is 1. The first-order valence-corrected chi connectivity index (χ1v) is 10.0. The molecule has 0 unspecified atom stereocenters. The minimum Gasteiger partial charge on any atom is -0.499 e. The topological polar surface area (TPSA) is 96.7 Å². The van der Waals surface area contributed by atoms with E-state index in [9.17, 15) is 22.9 Å². The average molecular weight is 418 g/mol. The molecular formula is C20H19FN2O5S. The van der Waals surface area contributed by atoms with E-state index in [0.29, 0.717) is 15.4 Å². The Bertz CT molecular complexity index is 999. The second-order valence-corrected chi connectivity index (χ2v) is 7.56. The summed E-state index contributed by atoms with van der Waals surface area (Å²) in [4.78, 5) is 11.8. The van der Waals surface area contributed by atoms with E-state index in [2.05, 4.69) is 0 Å². The molecule has 0 spiro atoms. The average Bonchev–Trinajstić information content (AvgIpc) is 2.72. The SMILES string of the molecule is CCO/C=C(\C#N)S(=O)(=O)N(Cc1ccc(F)cc1)C(=O)OCc1ccccc1. The molecule has 0 radical (unpaired) electrons. The van der Waals surface area contributed by atoms with Gasteiger partial charge in [-0.15, -0.1) is 0 Å². The Labute approximate surface area is 168 Å². The first-order valence-electron chi connectivity index (χ1n) is 8.58. The highest BCUT2D eigenvalue weighted by Crippen LogP contribution is 2.19. The Balaban J connectivity index is 2.32. The Kier molecular flexibility index (Phi) is 7.74. The summed E-state index contributed by atoms with van der Waals surface area (Å²) in [5.41, 5.74) is 0.991. The van der Waals surface area contributed by atoms with Gasteiger partial charge in [0.05, 0.1) is 13.2 Å². The molecule has 0 heterocycles. The van der Waals surface area contributed by atoms with Crippen molar-refractivity contribution in [3.63, 3.8) is 0 Å². The molecule has 0 saturated carbocycles. The van der Waals surface area contributed by atoms with Crippen LogP contribution in [0, 0.1) is 17.1 Å². The van der Waals surface area contributed by atoms with E-state index < -0.39 is 33.4 Å². The molecule has 0 aliphatic carbocycles. The molecule has 0 aromatic heterocycles. The summed E-state index contributed by atoms with van der Waals surface area (Å²) in [5.74, 6) is -0.510. The van der Waals surface area contributed by atoms with Gasteiger partial charge in [-0.3, -0.25) is 0 Å². The van der Waals surface area contributed by atoms with Crippen LogP contribution in [-0.2, 0) is 32.6 Å². The van der Waals surface area contributed by atoms with Crippen molar-refractivity contribution in [2.45, 2.75) is 20.1 Å². The Hall–Kier alpha value is -3.38. The number of nitriles is 1. The number of sulfonamides is 1. The summed E-state index contributed by atoms with van der Waals surface area (Å²) in [5, 5.41) is 9.22. The largest absolute Gasteiger partial charge is 0.499 e. The third-order valence-corrected chi connectivity index (χ3v) is 5.29. The molecule has 1 amide bonds. The van der Waals surface area contributed by atoms with Crippen molar-refractivity contribution in [3.8, 4) is 6.07 Å². The molecule has 0 aliphatic heterocycles. The highest BCUT2D eigenvalue weighted by Gasteiger charge is 2.33. The van der Waals surface area contributed by atoms with E-state index in [-0.39, 0.29) is 13.2 Å². The molecule has 29 heavy (non-hydrogen) atoms. The summed E-state index contributed by atoms with van der Waals surface area (Å²) in [6.45, 7) is 1.15. The molecule has 9 heteroatoms. The van der Waals surface area contributed by atoms with E-state index in [1.54, 1.807) is 37.3 Å². The lowest BCUT2D eigenvalue weighted by molar-refractivity contribution is 0.118. The number of allylic oxidation sites excluding steroid dienone is 1. The Morgan fingerprint density at radius 3 is 2.38 bits per heavy atom. The summed E-state index contributed by atoms with van der Waals surface area (Å²) in [6.07, 6.45) is -0.395. The lowest BCUT2D eigenvalue weighted by atomic mass is 10.2. The number of ether oxygens (including phenoxy) is 2. The first-order chi connectivity index (χ1) is 13.9. The number of carbonyl (C=O) groups is 1. The van der Waals surface area contributed by atoms with Gasteiger partial charge in [0.15, 0.2) is 4.91 Å². The number of benzene rings is 2. The van der Waals surface area contributed by atoms with Crippen LogP contribution < -0.4 is 0 Å². The van der Waals surface area contributed by atoms with Gasteiger partial charge in [0.25, 0.3) is 10.0 Å². The summed E-state index contributed by atoms with van der Waals surface area (Å²) >= 11 is 0. The molecule has 2 aromatic carbocycles. The van der Waals surface area contributed by atoms with Crippen molar-refractivity contribution >= 4 is 16.1 Å². The summed E-state index contributed by atoms with van der Waals surface area (Å²) < 4.78 is 49.3. The van der Waals surface area contributed by atoms with Gasteiger partial charge in [-0.25, -0.2) is 9.18 Å². The van der Waals surface area contributed by atoms with Crippen LogP contribution in [-0.4, -0.2) is 25.4 Å². The van der Waals surface area contributed by atoms with Crippen LogP contribution in [0.4, 0.5) is 9.18 Å². The highest BCUT2D eigenvalue weighted by atomic mass is 32.2. The lowest BCUT2D eigenvalue weighted by Gasteiger charge is -2.21. The van der Waals surface area contributed by atoms with Gasteiger partial charge < -0.3 is 9.47 Å². The van der Waals surface area contributed by atoms with Crippen LogP contribution in [0.25, 0.3) is 0 Å². The number of halogens is 1.